The molecule has 1 aromatic rings. The molecular formula is C10H12FNO2. The van der Waals surface area contributed by atoms with Crippen LogP contribution < -0.4 is 5.32 Å². The van der Waals surface area contributed by atoms with E-state index in [1.165, 1.54) is 6.07 Å². The van der Waals surface area contributed by atoms with Crippen molar-refractivity contribution in [3.05, 3.63) is 29.6 Å². The van der Waals surface area contributed by atoms with Gasteiger partial charge in [-0.05, 0) is 24.1 Å². The standard InChI is InChI=1S/C10H12FNO2/c1-12-9-4-2-7(6-8(9)11)3-5-10(13)14/h2,4,6,12H,3,5H2,1H3,(H,13,14). The maximum atomic E-state index is 13.2. The first-order valence-corrected chi connectivity index (χ1v) is 4.31. The van der Waals surface area contributed by atoms with E-state index >= 15 is 0 Å². The lowest BCUT2D eigenvalue weighted by atomic mass is 10.1. The highest BCUT2D eigenvalue weighted by molar-refractivity contribution is 5.67. The van der Waals surface area contributed by atoms with Crippen molar-refractivity contribution in [2.24, 2.45) is 0 Å². The summed E-state index contributed by atoms with van der Waals surface area (Å²) in [6.07, 6.45) is 0.384. The van der Waals surface area contributed by atoms with E-state index in [2.05, 4.69) is 5.32 Å². The number of benzene rings is 1. The van der Waals surface area contributed by atoms with Crippen molar-refractivity contribution in [3.63, 3.8) is 0 Å². The molecule has 0 saturated carbocycles. The summed E-state index contributed by atoms with van der Waals surface area (Å²) in [5.74, 6) is -1.22. The fourth-order valence-electron chi connectivity index (χ4n) is 1.17. The van der Waals surface area contributed by atoms with Gasteiger partial charge in [-0.3, -0.25) is 4.79 Å². The number of anilines is 1. The van der Waals surface area contributed by atoms with Crippen molar-refractivity contribution in [2.45, 2.75) is 12.8 Å². The molecule has 1 aromatic carbocycles. The molecule has 0 saturated heterocycles. The number of halogens is 1. The number of carboxylic acids is 1. The molecule has 0 amide bonds. The van der Waals surface area contributed by atoms with Crippen LogP contribution in [0.3, 0.4) is 0 Å². The highest BCUT2D eigenvalue weighted by Crippen LogP contribution is 2.15. The first-order chi connectivity index (χ1) is 6.63. The zero-order chi connectivity index (χ0) is 10.6. The molecule has 0 radical (unpaired) electrons. The van der Waals surface area contributed by atoms with Crippen LogP contribution in [0, 0.1) is 5.82 Å². The van der Waals surface area contributed by atoms with E-state index in [0.29, 0.717) is 17.7 Å². The van der Waals surface area contributed by atoms with Gasteiger partial charge >= 0.3 is 5.97 Å². The summed E-state index contributed by atoms with van der Waals surface area (Å²) in [5.41, 5.74) is 1.12. The molecule has 0 aliphatic rings. The molecule has 0 unspecified atom stereocenters. The highest BCUT2D eigenvalue weighted by Gasteiger charge is 2.03. The summed E-state index contributed by atoms with van der Waals surface area (Å²) in [4.78, 5) is 10.3. The molecule has 1 rings (SSSR count). The van der Waals surface area contributed by atoms with Gasteiger partial charge in [0.25, 0.3) is 0 Å². The monoisotopic (exact) mass is 197 g/mol. The van der Waals surface area contributed by atoms with Crippen molar-refractivity contribution >= 4 is 11.7 Å². The SMILES string of the molecule is CNc1ccc(CCC(=O)O)cc1F. The van der Waals surface area contributed by atoms with E-state index in [0.717, 1.165) is 0 Å². The Morgan fingerprint density at radius 3 is 2.79 bits per heavy atom. The lowest BCUT2D eigenvalue weighted by Crippen LogP contribution is -1.99. The fraction of sp³-hybridized carbons (Fsp3) is 0.300. The number of rotatable bonds is 4. The average Bonchev–Trinajstić information content (AvgIpc) is 2.15. The van der Waals surface area contributed by atoms with Gasteiger partial charge in [-0.15, -0.1) is 0 Å². The van der Waals surface area contributed by atoms with E-state index in [4.69, 9.17) is 5.11 Å². The highest BCUT2D eigenvalue weighted by atomic mass is 19.1. The number of carboxylic acid groups (broad SMARTS) is 1. The summed E-state index contributed by atoms with van der Waals surface area (Å²) in [6.45, 7) is 0. The molecule has 4 heteroatoms. The van der Waals surface area contributed by atoms with Gasteiger partial charge in [-0.25, -0.2) is 4.39 Å². The van der Waals surface area contributed by atoms with E-state index in [1.54, 1.807) is 19.2 Å². The van der Waals surface area contributed by atoms with Crippen LogP contribution in [-0.4, -0.2) is 18.1 Å². The van der Waals surface area contributed by atoms with Crippen LogP contribution in [0.1, 0.15) is 12.0 Å². The number of aryl methyl sites for hydroxylation is 1. The van der Waals surface area contributed by atoms with E-state index in [9.17, 15) is 9.18 Å². The Kier molecular flexibility index (Phi) is 3.45. The van der Waals surface area contributed by atoms with Gasteiger partial charge in [-0.2, -0.15) is 0 Å². The fourth-order valence-corrected chi connectivity index (χ4v) is 1.17. The van der Waals surface area contributed by atoms with Crippen molar-refractivity contribution in [2.75, 3.05) is 12.4 Å². The Bertz CT molecular complexity index is 339. The molecule has 0 atom stereocenters. The number of carbonyl (C=O) groups is 1. The topological polar surface area (TPSA) is 49.3 Å². The first kappa shape index (κ1) is 10.5. The molecule has 14 heavy (non-hydrogen) atoms. The zero-order valence-corrected chi connectivity index (χ0v) is 7.88. The molecule has 0 heterocycles. The van der Waals surface area contributed by atoms with Crippen molar-refractivity contribution in [1.29, 1.82) is 0 Å². The largest absolute Gasteiger partial charge is 0.481 e. The third-order valence-electron chi connectivity index (χ3n) is 1.93. The maximum Gasteiger partial charge on any atom is 0.303 e. The molecule has 0 fully saturated rings. The van der Waals surface area contributed by atoms with Crippen LogP contribution in [0.5, 0.6) is 0 Å². The number of nitrogens with one attached hydrogen (secondary N) is 1. The van der Waals surface area contributed by atoms with Gasteiger partial charge in [-0.1, -0.05) is 6.07 Å². The molecule has 0 aromatic heterocycles. The van der Waals surface area contributed by atoms with Crippen LogP contribution in [0.4, 0.5) is 10.1 Å². The van der Waals surface area contributed by atoms with Crippen molar-refractivity contribution in [3.8, 4) is 0 Å². The quantitative estimate of drug-likeness (QED) is 0.774. The van der Waals surface area contributed by atoms with Gasteiger partial charge in [0, 0.05) is 13.5 Å². The maximum absolute atomic E-state index is 13.2. The minimum Gasteiger partial charge on any atom is -0.481 e. The number of hydrogen-bond acceptors (Lipinski definition) is 2. The van der Waals surface area contributed by atoms with E-state index < -0.39 is 5.97 Å². The summed E-state index contributed by atoms with van der Waals surface area (Å²) in [6, 6.07) is 4.68. The minimum absolute atomic E-state index is 0.0261. The van der Waals surface area contributed by atoms with Crippen molar-refractivity contribution < 1.29 is 14.3 Å². The Morgan fingerprint density at radius 2 is 2.29 bits per heavy atom. The minimum atomic E-state index is -0.872. The molecule has 2 N–H and O–H groups in total. The lowest BCUT2D eigenvalue weighted by Gasteiger charge is -2.04. The zero-order valence-electron chi connectivity index (χ0n) is 7.88. The summed E-state index contributed by atoms with van der Waals surface area (Å²) >= 11 is 0. The third kappa shape index (κ3) is 2.73. The molecule has 0 aliphatic carbocycles. The van der Waals surface area contributed by atoms with Crippen LogP contribution >= 0.6 is 0 Å². The summed E-state index contributed by atoms with van der Waals surface area (Å²) in [5, 5.41) is 11.1. The van der Waals surface area contributed by atoms with Gasteiger partial charge in [0.1, 0.15) is 5.82 Å². The normalized spacial score (nSPS) is 9.86. The molecule has 0 aliphatic heterocycles. The third-order valence-corrected chi connectivity index (χ3v) is 1.93. The van der Waals surface area contributed by atoms with E-state index in [-0.39, 0.29) is 12.2 Å². The summed E-state index contributed by atoms with van der Waals surface area (Å²) < 4.78 is 13.2. The lowest BCUT2D eigenvalue weighted by molar-refractivity contribution is -0.136. The van der Waals surface area contributed by atoms with Gasteiger partial charge in [0.05, 0.1) is 5.69 Å². The second-order valence-electron chi connectivity index (χ2n) is 2.96. The Hall–Kier alpha value is -1.58. The Balaban J connectivity index is 2.71. The molecular weight excluding hydrogens is 185 g/mol. The number of aliphatic carboxylic acids is 1. The number of hydrogen-bond donors (Lipinski definition) is 2. The molecule has 76 valence electrons. The first-order valence-electron chi connectivity index (χ1n) is 4.31. The van der Waals surface area contributed by atoms with Crippen LogP contribution in [0.15, 0.2) is 18.2 Å². The Morgan fingerprint density at radius 1 is 1.57 bits per heavy atom. The Labute approximate surface area is 81.6 Å². The second-order valence-corrected chi connectivity index (χ2v) is 2.96. The van der Waals surface area contributed by atoms with Crippen LogP contribution in [-0.2, 0) is 11.2 Å². The van der Waals surface area contributed by atoms with Gasteiger partial charge in [0.2, 0.25) is 0 Å². The smallest absolute Gasteiger partial charge is 0.303 e. The summed E-state index contributed by atoms with van der Waals surface area (Å²) in [7, 11) is 1.63. The molecule has 0 bridgehead atoms. The molecule has 0 spiro atoms. The van der Waals surface area contributed by atoms with Crippen LogP contribution in [0.25, 0.3) is 0 Å². The van der Waals surface area contributed by atoms with Crippen LogP contribution in [0.2, 0.25) is 0 Å². The average molecular weight is 197 g/mol. The van der Waals surface area contributed by atoms with Gasteiger partial charge in [0.15, 0.2) is 0 Å². The van der Waals surface area contributed by atoms with E-state index in [1.807, 2.05) is 0 Å². The predicted molar refractivity (Wildman–Crippen MR) is 51.9 cm³/mol. The van der Waals surface area contributed by atoms with Gasteiger partial charge < -0.3 is 10.4 Å². The second kappa shape index (κ2) is 4.60. The van der Waals surface area contributed by atoms with Crippen molar-refractivity contribution in [1.82, 2.24) is 0 Å². The molecule has 3 nitrogen and oxygen atoms in total. The predicted octanol–water partition coefficient (Wildman–Crippen LogP) is 1.88.